The molecule has 2 fully saturated rings. The van der Waals surface area contributed by atoms with Crippen molar-refractivity contribution >= 4 is 27.5 Å². The first-order valence-electron chi connectivity index (χ1n) is 9.75. The fourth-order valence-electron chi connectivity index (χ4n) is 3.48. The van der Waals surface area contributed by atoms with Gasteiger partial charge in [0.05, 0.1) is 24.0 Å². The van der Waals surface area contributed by atoms with Crippen molar-refractivity contribution in [3.63, 3.8) is 0 Å². The van der Waals surface area contributed by atoms with E-state index in [1.54, 1.807) is 12.1 Å². The highest BCUT2D eigenvalue weighted by Gasteiger charge is 2.36. The average molecular weight is 433 g/mol. The largest absolute Gasteiger partial charge is 0.495 e. The van der Waals surface area contributed by atoms with Crippen molar-refractivity contribution in [3.05, 3.63) is 42.4 Å². The van der Waals surface area contributed by atoms with Gasteiger partial charge in [-0.05, 0) is 56.0 Å². The van der Waals surface area contributed by atoms with Crippen molar-refractivity contribution in [3.8, 4) is 5.75 Å². The summed E-state index contributed by atoms with van der Waals surface area (Å²) in [5, 5.41) is 2.73. The van der Waals surface area contributed by atoms with E-state index in [1.807, 2.05) is 0 Å². The van der Waals surface area contributed by atoms with E-state index < -0.39 is 22.0 Å². The number of furan rings is 1. The van der Waals surface area contributed by atoms with Crippen LogP contribution in [0.4, 0.5) is 5.69 Å². The maximum atomic E-state index is 13.0. The summed E-state index contributed by atoms with van der Waals surface area (Å²) in [6.07, 6.45) is 4.23. The fraction of sp³-hybridized carbons (Fsp3) is 0.400. The maximum Gasteiger partial charge on any atom is 0.290 e. The summed E-state index contributed by atoms with van der Waals surface area (Å²) in [4.78, 5) is 27.1. The van der Waals surface area contributed by atoms with Crippen LogP contribution < -0.4 is 14.8 Å². The van der Waals surface area contributed by atoms with Gasteiger partial charge < -0.3 is 19.4 Å². The number of ether oxygens (including phenoxy) is 1. The first-order chi connectivity index (χ1) is 14.4. The number of benzene rings is 1. The normalized spacial score (nSPS) is 19.0. The third kappa shape index (κ3) is 4.19. The number of rotatable bonds is 7. The highest BCUT2D eigenvalue weighted by molar-refractivity contribution is 7.89. The van der Waals surface area contributed by atoms with E-state index in [0.29, 0.717) is 25.1 Å². The van der Waals surface area contributed by atoms with E-state index in [-0.39, 0.29) is 28.3 Å². The molecule has 2 N–H and O–H groups in total. The molecule has 160 valence electrons. The molecule has 9 nitrogen and oxygen atoms in total. The molecule has 30 heavy (non-hydrogen) atoms. The summed E-state index contributed by atoms with van der Waals surface area (Å²) >= 11 is 0. The molecule has 2 aromatic rings. The molecule has 1 saturated heterocycles. The van der Waals surface area contributed by atoms with Crippen molar-refractivity contribution in [1.29, 1.82) is 0 Å². The molecule has 0 unspecified atom stereocenters. The standard InChI is InChI=1S/C20H23N3O6S/c1-28-17-9-8-14(30(26,27)22-13-6-7-13)12-15(17)21-19(24)16-4-2-10-23(16)20(25)18-5-3-11-29-18/h3,5,8-9,11-13,16,22H,2,4,6-7,10H2,1H3,(H,21,24)/t16-/m0/s1. The molecule has 1 aliphatic carbocycles. The van der Waals surface area contributed by atoms with Crippen LogP contribution in [-0.2, 0) is 14.8 Å². The number of anilines is 1. The SMILES string of the molecule is COc1ccc(S(=O)(=O)NC2CC2)cc1NC(=O)[C@@H]1CCCN1C(=O)c1ccco1. The van der Waals surface area contributed by atoms with Gasteiger partial charge in [-0.3, -0.25) is 9.59 Å². The van der Waals surface area contributed by atoms with Gasteiger partial charge in [-0.25, -0.2) is 13.1 Å². The molecule has 1 aliphatic heterocycles. The molecule has 2 heterocycles. The number of likely N-dealkylation sites (tertiary alicyclic amines) is 1. The number of nitrogens with zero attached hydrogens (tertiary/aromatic N) is 1. The summed E-state index contributed by atoms with van der Waals surface area (Å²) in [5.74, 6) is -0.257. The molecule has 2 amide bonds. The van der Waals surface area contributed by atoms with E-state index in [0.717, 1.165) is 12.8 Å². The maximum absolute atomic E-state index is 13.0. The summed E-state index contributed by atoms with van der Waals surface area (Å²) < 4.78 is 38.1. The minimum Gasteiger partial charge on any atom is -0.495 e. The van der Waals surface area contributed by atoms with Crippen molar-refractivity contribution in [2.45, 2.75) is 42.7 Å². The fourth-order valence-corrected chi connectivity index (χ4v) is 4.81. The van der Waals surface area contributed by atoms with E-state index >= 15 is 0 Å². The second-order valence-corrected chi connectivity index (χ2v) is 9.09. The highest BCUT2D eigenvalue weighted by atomic mass is 32.2. The van der Waals surface area contributed by atoms with Gasteiger partial charge in [-0.1, -0.05) is 0 Å². The predicted molar refractivity (Wildman–Crippen MR) is 108 cm³/mol. The van der Waals surface area contributed by atoms with Gasteiger partial charge in [0.2, 0.25) is 15.9 Å². The lowest BCUT2D eigenvalue weighted by atomic mass is 10.2. The molecular weight excluding hydrogens is 410 g/mol. The van der Waals surface area contributed by atoms with Gasteiger partial charge >= 0.3 is 0 Å². The Balaban J connectivity index is 1.54. The monoisotopic (exact) mass is 433 g/mol. The lowest BCUT2D eigenvalue weighted by Gasteiger charge is -2.23. The van der Waals surface area contributed by atoms with Crippen molar-refractivity contribution < 1.29 is 27.2 Å². The van der Waals surface area contributed by atoms with Gasteiger partial charge in [0.15, 0.2) is 5.76 Å². The Morgan fingerprint density at radius 3 is 2.67 bits per heavy atom. The Kier molecular flexibility index (Phi) is 5.52. The number of hydrogen-bond donors (Lipinski definition) is 2. The van der Waals surface area contributed by atoms with Crippen LogP contribution >= 0.6 is 0 Å². The van der Waals surface area contributed by atoms with Crippen LogP contribution in [0.1, 0.15) is 36.2 Å². The smallest absolute Gasteiger partial charge is 0.290 e. The molecule has 0 radical (unpaired) electrons. The van der Waals surface area contributed by atoms with Crippen LogP contribution in [-0.4, -0.2) is 50.9 Å². The first kappa shape index (κ1) is 20.4. The zero-order chi connectivity index (χ0) is 21.3. The molecule has 0 bridgehead atoms. The van der Waals surface area contributed by atoms with Crippen LogP contribution in [0.25, 0.3) is 0 Å². The van der Waals surface area contributed by atoms with Crippen LogP contribution in [0.15, 0.2) is 45.9 Å². The number of carbonyl (C=O) groups excluding carboxylic acids is 2. The van der Waals surface area contributed by atoms with Crippen molar-refractivity contribution in [2.24, 2.45) is 0 Å². The Hall–Kier alpha value is -2.85. The predicted octanol–water partition coefficient (Wildman–Crippen LogP) is 1.97. The Morgan fingerprint density at radius 1 is 1.20 bits per heavy atom. The second-order valence-electron chi connectivity index (χ2n) is 7.38. The number of sulfonamides is 1. The molecule has 1 atom stereocenters. The zero-order valence-electron chi connectivity index (χ0n) is 16.5. The topological polar surface area (TPSA) is 118 Å². The zero-order valence-corrected chi connectivity index (χ0v) is 17.3. The summed E-state index contributed by atoms with van der Waals surface area (Å²) in [6.45, 7) is 0.439. The van der Waals surface area contributed by atoms with Crippen molar-refractivity contribution in [2.75, 3.05) is 19.0 Å². The Morgan fingerprint density at radius 2 is 2.00 bits per heavy atom. The minimum atomic E-state index is -3.69. The molecular formula is C20H23N3O6S. The van der Waals surface area contributed by atoms with E-state index in [4.69, 9.17) is 9.15 Å². The van der Waals surface area contributed by atoms with Crippen LogP contribution in [0.2, 0.25) is 0 Å². The van der Waals surface area contributed by atoms with Crippen LogP contribution in [0.3, 0.4) is 0 Å². The van der Waals surface area contributed by atoms with Crippen LogP contribution in [0.5, 0.6) is 5.75 Å². The minimum absolute atomic E-state index is 0.0326. The molecule has 1 aromatic carbocycles. The summed E-state index contributed by atoms with van der Waals surface area (Å²) in [7, 11) is -2.25. The number of carbonyl (C=O) groups is 2. The van der Waals surface area contributed by atoms with Crippen LogP contribution in [0, 0.1) is 0 Å². The molecule has 1 saturated carbocycles. The van der Waals surface area contributed by atoms with Crippen molar-refractivity contribution in [1.82, 2.24) is 9.62 Å². The lowest BCUT2D eigenvalue weighted by Crippen LogP contribution is -2.43. The van der Waals surface area contributed by atoms with E-state index in [1.165, 1.54) is 36.5 Å². The molecule has 2 aliphatic rings. The van der Waals surface area contributed by atoms with E-state index in [2.05, 4.69) is 10.0 Å². The number of nitrogens with one attached hydrogen (secondary N) is 2. The number of methoxy groups -OCH3 is 1. The third-order valence-corrected chi connectivity index (χ3v) is 6.70. The summed E-state index contributed by atoms with van der Waals surface area (Å²) in [6, 6.07) is 6.76. The summed E-state index contributed by atoms with van der Waals surface area (Å²) in [5.41, 5.74) is 0.235. The molecule has 1 aromatic heterocycles. The number of amides is 2. The van der Waals surface area contributed by atoms with Gasteiger partial charge in [0.1, 0.15) is 11.8 Å². The molecule has 10 heteroatoms. The van der Waals surface area contributed by atoms with Gasteiger partial charge in [0.25, 0.3) is 5.91 Å². The van der Waals surface area contributed by atoms with Gasteiger partial charge in [0, 0.05) is 12.6 Å². The Bertz CT molecular complexity index is 1050. The van der Waals surface area contributed by atoms with Gasteiger partial charge in [-0.2, -0.15) is 0 Å². The van der Waals surface area contributed by atoms with Gasteiger partial charge in [-0.15, -0.1) is 0 Å². The molecule has 4 rings (SSSR count). The second kappa shape index (κ2) is 8.11. The third-order valence-electron chi connectivity index (χ3n) is 5.19. The molecule has 0 spiro atoms. The lowest BCUT2D eigenvalue weighted by molar-refractivity contribution is -0.119. The van der Waals surface area contributed by atoms with E-state index in [9.17, 15) is 18.0 Å². The highest BCUT2D eigenvalue weighted by Crippen LogP contribution is 2.30. The quantitative estimate of drug-likeness (QED) is 0.689. The number of hydrogen-bond acceptors (Lipinski definition) is 6. The first-order valence-corrected chi connectivity index (χ1v) is 11.2. The average Bonchev–Trinajstić information content (AvgIpc) is 3.20. The Labute approximate surface area is 174 Å².